The van der Waals surface area contributed by atoms with Crippen LogP contribution in [-0.4, -0.2) is 61.5 Å². The zero-order valence-corrected chi connectivity index (χ0v) is 23.1. The van der Waals surface area contributed by atoms with Crippen molar-refractivity contribution in [2.24, 2.45) is 5.73 Å². The molecule has 2 atom stereocenters. The summed E-state index contributed by atoms with van der Waals surface area (Å²) in [5.41, 5.74) is 8.49. The highest BCUT2D eigenvalue weighted by Crippen LogP contribution is 2.31. The third-order valence-corrected chi connectivity index (χ3v) is 7.27. The summed E-state index contributed by atoms with van der Waals surface area (Å²) in [6.07, 6.45) is 0.401. The Morgan fingerprint density at radius 1 is 1.00 bits per heavy atom. The van der Waals surface area contributed by atoms with Crippen LogP contribution >= 0.6 is 0 Å². The highest BCUT2D eigenvalue weighted by atomic mass is 16.5. The van der Waals surface area contributed by atoms with E-state index in [-0.39, 0.29) is 24.2 Å². The number of benzene rings is 3. The number of ether oxygens (including phenoxy) is 2. The van der Waals surface area contributed by atoms with Crippen LogP contribution in [0.15, 0.2) is 78.9 Å². The molecule has 0 spiro atoms. The lowest BCUT2D eigenvalue weighted by Gasteiger charge is -2.33. The molecule has 1 unspecified atom stereocenters. The first kappa shape index (κ1) is 29.1. The van der Waals surface area contributed by atoms with Crippen molar-refractivity contribution in [3.8, 4) is 5.75 Å². The minimum Gasteiger partial charge on any atom is -0.496 e. The lowest BCUT2D eigenvalue weighted by molar-refractivity contribution is -0.140. The van der Waals surface area contributed by atoms with E-state index in [1.165, 1.54) is 14.2 Å². The molecule has 0 aliphatic carbocycles. The molecular weight excluding hydrogens is 522 g/mol. The van der Waals surface area contributed by atoms with Crippen molar-refractivity contribution in [1.82, 2.24) is 15.5 Å². The summed E-state index contributed by atoms with van der Waals surface area (Å²) in [4.78, 5) is 41.6. The molecule has 3 amide bonds. The number of rotatable bonds is 10. The van der Waals surface area contributed by atoms with Crippen LogP contribution in [0, 0.1) is 5.41 Å². The first-order valence-electron chi connectivity index (χ1n) is 13.4. The van der Waals surface area contributed by atoms with Gasteiger partial charge in [-0.3, -0.25) is 15.0 Å². The third kappa shape index (κ3) is 6.84. The summed E-state index contributed by atoms with van der Waals surface area (Å²) in [5, 5.41) is 13.3. The number of carbonyl (C=O) groups is 3. The van der Waals surface area contributed by atoms with Gasteiger partial charge in [0.25, 0.3) is 0 Å². The van der Waals surface area contributed by atoms with Crippen LogP contribution < -0.4 is 21.1 Å². The normalized spacial score (nSPS) is 15.2. The molecule has 10 heteroatoms. The highest BCUT2D eigenvalue weighted by molar-refractivity contribution is 5.95. The van der Waals surface area contributed by atoms with E-state index in [2.05, 4.69) is 10.6 Å². The molecule has 3 aromatic rings. The van der Waals surface area contributed by atoms with Crippen molar-refractivity contribution in [2.45, 2.75) is 37.4 Å². The van der Waals surface area contributed by atoms with E-state index in [1.54, 1.807) is 23.1 Å². The predicted octanol–water partition coefficient (Wildman–Crippen LogP) is 3.14. The fraction of sp³-hybridized carbons (Fsp3) is 0.290. The Kier molecular flexibility index (Phi) is 9.57. The van der Waals surface area contributed by atoms with Crippen LogP contribution in [0.2, 0.25) is 0 Å². The molecule has 1 heterocycles. The molecule has 214 valence electrons. The molecule has 4 rings (SSSR count). The maximum atomic E-state index is 14.2. The smallest absolute Gasteiger partial charge is 0.407 e. The molecule has 0 aromatic heterocycles. The van der Waals surface area contributed by atoms with Gasteiger partial charge < -0.3 is 30.7 Å². The molecule has 3 aromatic carbocycles. The van der Waals surface area contributed by atoms with Gasteiger partial charge in [-0.25, -0.2) is 4.79 Å². The Morgan fingerprint density at radius 2 is 1.63 bits per heavy atom. The fourth-order valence-corrected chi connectivity index (χ4v) is 5.21. The van der Waals surface area contributed by atoms with Gasteiger partial charge in [0.2, 0.25) is 11.8 Å². The largest absolute Gasteiger partial charge is 0.496 e. The number of amidine groups is 1. The van der Waals surface area contributed by atoms with Crippen molar-refractivity contribution in [2.75, 3.05) is 20.8 Å². The molecular formula is C31H35N5O5. The van der Waals surface area contributed by atoms with Crippen LogP contribution in [0.4, 0.5) is 4.79 Å². The molecule has 1 aliphatic heterocycles. The number of nitrogens with two attached hydrogens (primary N) is 1. The molecule has 1 fully saturated rings. The van der Waals surface area contributed by atoms with E-state index < -0.39 is 24.1 Å². The van der Waals surface area contributed by atoms with E-state index in [1.807, 2.05) is 60.7 Å². The van der Waals surface area contributed by atoms with Gasteiger partial charge in [0.15, 0.2) is 0 Å². The van der Waals surface area contributed by atoms with Crippen molar-refractivity contribution < 1.29 is 23.9 Å². The third-order valence-electron chi connectivity index (χ3n) is 7.27. The van der Waals surface area contributed by atoms with Crippen LogP contribution in [-0.2, 0) is 20.9 Å². The standard InChI is InChI=1S/C31H35N5O5/c1-40-25-18-22(28(32)33)15-16-23(25)19-34-29(37)24-14-9-17-36(24)30(38)27(35-31(39)41-2)26(20-10-5-3-6-11-20)21-12-7-4-8-13-21/h3-8,10-13,15-16,18,24,26-27H,9,14,17,19H2,1-2H3,(H3,32,33)(H,34,37)(H,35,39)/t24-,27?/m0/s1. The maximum absolute atomic E-state index is 14.2. The van der Waals surface area contributed by atoms with E-state index in [0.29, 0.717) is 36.3 Å². The summed E-state index contributed by atoms with van der Waals surface area (Å²) in [5.74, 6) is -0.778. The van der Waals surface area contributed by atoms with Crippen LogP contribution in [0.3, 0.4) is 0 Å². The number of hydrogen-bond acceptors (Lipinski definition) is 6. The Labute approximate surface area is 239 Å². The topological polar surface area (TPSA) is 147 Å². The van der Waals surface area contributed by atoms with Gasteiger partial charge in [-0.05, 0) is 30.0 Å². The molecule has 5 N–H and O–H groups in total. The van der Waals surface area contributed by atoms with E-state index in [0.717, 1.165) is 11.1 Å². The van der Waals surface area contributed by atoms with Crippen molar-refractivity contribution >= 4 is 23.7 Å². The van der Waals surface area contributed by atoms with Crippen LogP contribution in [0.25, 0.3) is 0 Å². The summed E-state index contributed by atoms with van der Waals surface area (Å²) >= 11 is 0. The highest BCUT2D eigenvalue weighted by Gasteiger charge is 2.41. The van der Waals surface area contributed by atoms with Crippen molar-refractivity contribution in [3.63, 3.8) is 0 Å². The summed E-state index contributed by atoms with van der Waals surface area (Å²) in [6, 6.07) is 22.3. The minimum absolute atomic E-state index is 0.0848. The number of carbonyl (C=O) groups excluding carboxylic acids is 3. The monoisotopic (exact) mass is 557 g/mol. The number of nitrogens with zero attached hydrogens (tertiary/aromatic N) is 1. The Hall–Kier alpha value is -4.86. The van der Waals surface area contributed by atoms with Gasteiger partial charge in [0, 0.05) is 30.1 Å². The zero-order chi connectivity index (χ0) is 29.4. The second-order valence-corrected chi connectivity index (χ2v) is 9.76. The Balaban J connectivity index is 1.59. The van der Waals surface area contributed by atoms with Gasteiger partial charge in [-0.15, -0.1) is 0 Å². The molecule has 0 saturated carbocycles. The van der Waals surface area contributed by atoms with Crippen molar-refractivity contribution in [1.29, 1.82) is 5.41 Å². The van der Waals surface area contributed by atoms with Gasteiger partial charge in [-0.2, -0.15) is 0 Å². The molecule has 1 aliphatic rings. The van der Waals surface area contributed by atoms with E-state index in [9.17, 15) is 14.4 Å². The summed E-state index contributed by atoms with van der Waals surface area (Å²) in [6.45, 7) is 0.544. The number of alkyl carbamates (subject to hydrolysis) is 1. The second kappa shape index (κ2) is 13.5. The summed E-state index contributed by atoms with van der Waals surface area (Å²) in [7, 11) is 2.76. The quantitative estimate of drug-likeness (QED) is 0.222. The van der Waals surface area contributed by atoms with Crippen LogP contribution in [0.1, 0.15) is 41.0 Å². The first-order valence-corrected chi connectivity index (χ1v) is 13.4. The Morgan fingerprint density at radius 3 is 2.20 bits per heavy atom. The second-order valence-electron chi connectivity index (χ2n) is 9.76. The van der Waals surface area contributed by atoms with Gasteiger partial charge in [-0.1, -0.05) is 72.8 Å². The fourth-order valence-electron chi connectivity index (χ4n) is 5.21. The molecule has 1 saturated heterocycles. The predicted molar refractivity (Wildman–Crippen MR) is 155 cm³/mol. The number of amides is 3. The maximum Gasteiger partial charge on any atom is 0.407 e. The SMILES string of the molecule is COC(=O)NC(C(=O)N1CCC[C@H]1C(=O)NCc1ccc(C(=N)N)cc1OC)C(c1ccccc1)c1ccccc1. The van der Waals surface area contributed by atoms with Gasteiger partial charge >= 0.3 is 6.09 Å². The number of hydrogen-bond donors (Lipinski definition) is 4. The number of nitrogen functional groups attached to an aromatic ring is 1. The zero-order valence-electron chi connectivity index (χ0n) is 23.1. The van der Waals surface area contributed by atoms with E-state index in [4.69, 9.17) is 20.6 Å². The number of methoxy groups -OCH3 is 2. The average Bonchev–Trinajstić information content (AvgIpc) is 3.50. The van der Waals surface area contributed by atoms with E-state index >= 15 is 0 Å². The molecule has 0 bridgehead atoms. The summed E-state index contributed by atoms with van der Waals surface area (Å²) < 4.78 is 10.3. The average molecular weight is 558 g/mol. The molecule has 0 radical (unpaired) electrons. The molecule has 10 nitrogen and oxygen atoms in total. The number of nitrogens with one attached hydrogen (secondary N) is 3. The minimum atomic E-state index is -1.01. The lowest BCUT2D eigenvalue weighted by atomic mass is 9.84. The first-order chi connectivity index (χ1) is 19.8. The molecule has 41 heavy (non-hydrogen) atoms. The van der Waals surface area contributed by atoms with Gasteiger partial charge in [0.05, 0.1) is 14.2 Å². The van der Waals surface area contributed by atoms with Gasteiger partial charge in [0.1, 0.15) is 23.7 Å². The Bertz CT molecular complexity index is 1340. The lowest BCUT2D eigenvalue weighted by Crippen LogP contribution is -2.55. The number of likely N-dealkylation sites (tertiary alicyclic amines) is 1. The van der Waals surface area contributed by atoms with Crippen molar-refractivity contribution in [3.05, 3.63) is 101 Å². The van der Waals surface area contributed by atoms with Crippen LogP contribution in [0.5, 0.6) is 5.75 Å².